The largest absolute Gasteiger partial charge is 0.496 e. The molecule has 0 atom stereocenters. The molecule has 0 unspecified atom stereocenters. The smallest absolute Gasteiger partial charge is 0.315 e. The Morgan fingerprint density at radius 3 is 2.48 bits per heavy atom. The Hall–Kier alpha value is -2.04. The summed E-state index contributed by atoms with van der Waals surface area (Å²) in [6.45, 7) is 1.33. The van der Waals surface area contributed by atoms with Gasteiger partial charge in [0.15, 0.2) is 0 Å². The molecule has 1 heterocycles. The number of methoxy groups -OCH3 is 2. The van der Waals surface area contributed by atoms with Crippen LogP contribution in [0.1, 0.15) is 30.7 Å². The van der Waals surface area contributed by atoms with Crippen molar-refractivity contribution in [3.63, 3.8) is 0 Å². The van der Waals surface area contributed by atoms with Crippen LogP contribution in [0, 0.1) is 0 Å². The number of benzene rings is 1. The van der Waals surface area contributed by atoms with Crippen molar-refractivity contribution in [2.24, 2.45) is 0 Å². The van der Waals surface area contributed by atoms with Crippen LogP contribution in [-0.4, -0.2) is 44.1 Å². The first-order valence-corrected chi connectivity index (χ1v) is 7.13. The van der Waals surface area contributed by atoms with Gasteiger partial charge in [-0.3, -0.25) is 9.59 Å². The summed E-state index contributed by atoms with van der Waals surface area (Å²) >= 11 is 0. The predicted octanol–water partition coefficient (Wildman–Crippen LogP) is 1.96. The van der Waals surface area contributed by atoms with Gasteiger partial charge >= 0.3 is 5.97 Å². The summed E-state index contributed by atoms with van der Waals surface area (Å²) in [6, 6.07) is 8.00. The Morgan fingerprint density at radius 1 is 1.19 bits per heavy atom. The molecule has 0 aromatic heterocycles. The monoisotopic (exact) mass is 291 g/mol. The molecule has 0 bridgehead atoms. The zero-order chi connectivity index (χ0) is 15.2. The molecule has 21 heavy (non-hydrogen) atoms. The van der Waals surface area contributed by atoms with Crippen molar-refractivity contribution >= 4 is 11.9 Å². The van der Waals surface area contributed by atoms with Gasteiger partial charge in [0.1, 0.15) is 12.2 Å². The van der Waals surface area contributed by atoms with E-state index in [0.29, 0.717) is 19.0 Å². The number of likely N-dealkylation sites (tertiary alicyclic amines) is 1. The van der Waals surface area contributed by atoms with Crippen LogP contribution >= 0.6 is 0 Å². The molecule has 0 saturated carbocycles. The summed E-state index contributed by atoms with van der Waals surface area (Å²) in [7, 11) is 2.97. The lowest BCUT2D eigenvalue weighted by Gasteiger charge is -2.32. The van der Waals surface area contributed by atoms with Crippen LogP contribution in [-0.2, 0) is 14.3 Å². The fourth-order valence-corrected chi connectivity index (χ4v) is 2.75. The topological polar surface area (TPSA) is 55.8 Å². The van der Waals surface area contributed by atoms with Gasteiger partial charge in [-0.15, -0.1) is 0 Å². The van der Waals surface area contributed by atoms with Gasteiger partial charge in [-0.1, -0.05) is 18.2 Å². The number of amides is 1. The van der Waals surface area contributed by atoms with Crippen LogP contribution in [0.5, 0.6) is 5.75 Å². The maximum absolute atomic E-state index is 11.9. The van der Waals surface area contributed by atoms with E-state index < -0.39 is 5.97 Å². The van der Waals surface area contributed by atoms with Gasteiger partial charge in [-0.25, -0.2) is 0 Å². The number of carbonyl (C=O) groups is 2. The summed E-state index contributed by atoms with van der Waals surface area (Å²) in [5, 5.41) is 0. The molecule has 0 radical (unpaired) electrons. The molecule has 5 nitrogen and oxygen atoms in total. The number of carbonyl (C=O) groups excluding carboxylic acids is 2. The van der Waals surface area contributed by atoms with Crippen molar-refractivity contribution in [2.75, 3.05) is 27.3 Å². The van der Waals surface area contributed by atoms with Crippen molar-refractivity contribution in [3.8, 4) is 5.75 Å². The standard InChI is InChI=1S/C16H21NO4/c1-20-14-6-4-3-5-13(14)12-7-9-17(10-8-12)15(18)11-16(19)21-2/h3-6,12H,7-11H2,1-2H3. The SMILES string of the molecule is COC(=O)CC(=O)N1CCC(c2ccccc2OC)CC1. The van der Waals surface area contributed by atoms with Crippen LogP contribution in [0.15, 0.2) is 24.3 Å². The van der Waals surface area contributed by atoms with Crippen LogP contribution in [0.25, 0.3) is 0 Å². The molecule has 1 amide bonds. The van der Waals surface area contributed by atoms with E-state index in [4.69, 9.17) is 4.74 Å². The summed E-state index contributed by atoms with van der Waals surface area (Å²) in [6.07, 6.45) is 1.59. The third-order valence-electron chi connectivity index (χ3n) is 3.95. The minimum atomic E-state index is -0.480. The van der Waals surface area contributed by atoms with Crippen LogP contribution < -0.4 is 4.74 Å². The molecule has 1 fully saturated rings. The third kappa shape index (κ3) is 3.74. The molecule has 2 rings (SSSR count). The highest BCUT2D eigenvalue weighted by Gasteiger charge is 2.26. The summed E-state index contributed by atoms with van der Waals surface area (Å²) in [5.74, 6) is 0.660. The Labute approximate surface area is 124 Å². The number of ether oxygens (including phenoxy) is 2. The van der Waals surface area contributed by atoms with E-state index in [1.165, 1.54) is 12.7 Å². The zero-order valence-corrected chi connectivity index (χ0v) is 12.5. The van der Waals surface area contributed by atoms with Gasteiger partial charge in [-0.2, -0.15) is 0 Å². The number of hydrogen-bond acceptors (Lipinski definition) is 4. The first kappa shape index (κ1) is 15.4. The number of nitrogens with zero attached hydrogens (tertiary/aromatic N) is 1. The Balaban J connectivity index is 1.94. The van der Waals surface area contributed by atoms with Crippen LogP contribution in [0.2, 0.25) is 0 Å². The number of piperidine rings is 1. The van der Waals surface area contributed by atoms with Gasteiger partial charge in [0.05, 0.1) is 14.2 Å². The van der Waals surface area contributed by atoms with E-state index in [1.54, 1.807) is 12.0 Å². The van der Waals surface area contributed by atoms with E-state index in [0.717, 1.165) is 18.6 Å². The lowest BCUT2D eigenvalue weighted by molar-refractivity contribution is -0.147. The van der Waals surface area contributed by atoms with E-state index in [9.17, 15) is 9.59 Å². The maximum atomic E-state index is 11.9. The van der Waals surface area contributed by atoms with Gasteiger partial charge in [0.2, 0.25) is 5.91 Å². The highest BCUT2D eigenvalue weighted by atomic mass is 16.5. The lowest BCUT2D eigenvalue weighted by Crippen LogP contribution is -2.39. The highest BCUT2D eigenvalue weighted by molar-refractivity contribution is 5.94. The highest BCUT2D eigenvalue weighted by Crippen LogP contribution is 2.34. The predicted molar refractivity (Wildman–Crippen MR) is 78.2 cm³/mol. The fraction of sp³-hybridized carbons (Fsp3) is 0.500. The second-order valence-electron chi connectivity index (χ2n) is 5.15. The average Bonchev–Trinajstić information content (AvgIpc) is 2.54. The molecular formula is C16H21NO4. The molecule has 1 aromatic carbocycles. The normalized spacial score (nSPS) is 15.6. The fourth-order valence-electron chi connectivity index (χ4n) is 2.75. The molecule has 114 valence electrons. The Kier molecular flexibility index (Phi) is 5.20. The van der Waals surface area contributed by atoms with Crippen molar-refractivity contribution in [1.82, 2.24) is 4.90 Å². The molecule has 0 spiro atoms. The summed E-state index contributed by atoms with van der Waals surface area (Å²) in [5.41, 5.74) is 1.19. The second-order valence-corrected chi connectivity index (χ2v) is 5.15. The van der Waals surface area contributed by atoms with E-state index in [-0.39, 0.29) is 12.3 Å². The van der Waals surface area contributed by atoms with Gasteiger partial charge in [0, 0.05) is 13.1 Å². The first-order chi connectivity index (χ1) is 10.2. The average molecular weight is 291 g/mol. The number of rotatable bonds is 4. The molecule has 0 aliphatic carbocycles. The number of hydrogen-bond donors (Lipinski definition) is 0. The number of para-hydroxylation sites is 1. The van der Waals surface area contributed by atoms with Gasteiger partial charge in [0.25, 0.3) is 0 Å². The van der Waals surface area contributed by atoms with Crippen molar-refractivity contribution in [3.05, 3.63) is 29.8 Å². The van der Waals surface area contributed by atoms with Crippen molar-refractivity contribution in [2.45, 2.75) is 25.2 Å². The summed E-state index contributed by atoms with van der Waals surface area (Å²) in [4.78, 5) is 24.8. The van der Waals surface area contributed by atoms with E-state index >= 15 is 0 Å². The third-order valence-corrected chi connectivity index (χ3v) is 3.95. The maximum Gasteiger partial charge on any atom is 0.315 e. The summed E-state index contributed by atoms with van der Waals surface area (Å²) < 4.78 is 9.93. The molecular weight excluding hydrogens is 270 g/mol. The number of esters is 1. The van der Waals surface area contributed by atoms with Crippen molar-refractivity contribution < 1.29 is 19.1 Å². The molecule has 5 heteroatoms. The minimum Gasteiger partial charge on any atom is -0.496 e. The van der Waals surface area contributed by atoms with Gasteiger partial charge in [-0.05, 0) is 30.4 Å². The molecule has 1 aliphatic heterocycles. The van der Waals surface area contributed by atoms with Crippen LogP contribution in [0.3, 0.4) is 0 Å². The lowest BCUT2D eigenvalue weighted by atomic mass is 9.88. The second kappa shape index (κ2) is 7.11. The van der Waals surface area contributed by atoms with E-state index in [1.807, 2.05) is 18.2 Å². The van der Waals surface area contributed by atoms with E-state index in [2.05, 4.69) is 10.8 Å². The molecule has 1 saturated heterocycles. The quantitative estimate of drug-likeness (QED) is 0.628. The minimum absolute atomic E-state index is 0.152. The zero-order valence-electron chi connectivity index (χ0n) is 12.5. The van der Waals surface area contributed by atoms with Gasteiger partial charge < -0.3 is 14.4 Å². The Bertz CT molecular complexity index is 507. The molecule has 0 N–H and O–H groups in total. The first-order valence-electron chi connectivity index (χ1n) is 7.13. The van der Waals surface area contributed by atoms with Crippen LogP contribution in [0.4, 0.5) is 0 Å². The molecule has 1 aromatic rings. The van der Waals surface area contributed by atoms with Crippen molar-refractivity contribution in [1.29, 1.82) is 0 Å². The Morgan fingerprint density at radius 2 is 1.86 bits per heavy atom. The molecule has 1 aliphatic rings.